The molecular formula is C18H34N2O4S. The Bertz CT molecular complexity index is 562. The van der Waals surface area contributed by atoms with Gasteiger partial charge in [0.2, 0.25) is 0 Å². The van der Waals surface area contributed by atoms with Gasteiger partial charge in [-0.3, -0.25) is 0 Å². The van der Waals surface area contributed by atoms with Crippen molar-refractivity contribution in [3.8, 4) is 0 Å². The molecule has 0 aromatic carbocycles. The fourth-order valence-electron chi connectivity index (χ4n) is 4.04. The SMILES string of the molecule is CN(C(=O)OC(C)(C)C)C1CCC(NC2CCCC2S(C)(=O)=O)CC1. The summed E-state index contributed by atoms with van der Waals surface area (Å²) in [5, 5.41) is 3.35. The van der Waals surface area contributed by atoms with Crippen molar-refractivity contribution in [2.45, 2.75) is 94.7 Å². The number of carbonyl (C=O) groups is 1. The Morgan fingerprint density at radius 1 is 1.08 bits per heavy atom. The average molecular weight is 375 g/mol. The lowest BCUT2D eigenvalue weighted by molar-refractivity contribution is 0.0178. The van der Waals surface area contributed by atoms with Crippen LogP contribution in [0.1, 0.15) is 65.7 Å². The van der Waals surface area contributed by atoms with E-state index in [1.54, 1.807) is 4.90 Å². The number of ether oxygens (including phenoxy) is 1. The average Bonchev–Trinajstić information content (AvgIpc) is 2.94. The minimum Gasteiger partial charge on any atom is -0.444 e. The molecule has 0 aromatic rings. The number of nitrogens with zero attached hydrogens (tertiary/aromatic N) is 1. The molecule has 2 rings (SSSR count). The van der Waals surface area contributed by atoms with Gasteiger partial charge in [-0.1, -0.05) is 6.42 Å². The van der Waals surface area contributed by atoms with E-state index in [9.17, 15) is 13.2 Å². The Labute approximate surface area is 152 Å². The fourth-order valence-corrected chi connectivity index (χ4v) is 5.45. The summed E-state index contributed by atoms with van der Waals surface area (Å²) in [6.45, 7) is 5.62. The van der Waals surface area contributed by atoms with Crippen molar-refractivity contribution in [2.75, 3.05) is 13.3 Å². The molecule has 2 aliphatic rings. The lowest BCUT2D eigenvalue weighted by atomic mass is 9.90. The van der Waals surface area contributed by atoms with Gasteiger partial charge in [-0.2, -0.15) is 0 Å². The summed E-state index contributed by atoms with van der Waals surface area (Å²) in [5.74, 6) is 0. The van der Waals surface area contributed by atoms with Crippen LogP contribution in [-0.2, 0) is 14.6 Å². The van der Waals surface area contributed by atoms with Gasteiger partial charge < -0.3 is 15.0 Å². The number of nitrogens with one attached hydrogen (secondary N) is 1. The van der Waals surface area contributed by atoms with E-state index in [0.29, 0.717) is 6.04 Å². The molecule has 7 heteroatoms. The third-order valence-electron chi connectivity index (χ3n) is 5.38. The molecular weight excluding hydrogens is 340 g/mol. The molecule has 0 aromatic heterocycles. The Morgan fingerprint density at radius 2 is 1.68 bits per heavy atom. The third kappa shape index (κ3) is 5.84. The maximum Gasteiger partial charge on any atom is 0.410 e. The van der Waals surface area contributed by atoms with Crippen LogP contribution >= 0.6 is 0 Å². The lowest BCUT2D eigenvalue weighted by Gasteiger charge is -2.37. The molecule has 1 N–H and O–H groups in total. The molecule has 0 radical (unpaired) electrons. The minimum atomic E-state index is -2.99. The zero-order chi connectivity index (χ0) is 18.8. The van der Waals surface area contributed by atoms with Gasteiger partial charge in [0, 0.05) is 31.4 Å². The number of sulfone groups is 1. The number of rotatable bonds is 4. The highest BCUT2D eigenvalue weighted by Crippen LogP contribution is 2.29. The summed E-state index contributed by atoms with van der Waals surface area (Å²) in [6, 6.07) is 0.623. The van der Waals surface area contributed by atoms with Crippen LogP contribution in [0.25, 0.3) is 0 Å². The molecule has 2 fully saturated rings. The van der Waals surface area contributed by atoms with Crippen molar-refractivity contribution in [1.82, 2.24) is 10.2 Å². The highest BCUT2D eigenvalue weighted by molar-refractivity contribution is 7.91. The van der Waals surface area contributed by atoms with E-state index in [4.69, 9.17) is 4.74 Å². The van der Waals surface area contributed by atoms with E-state index in [0.717, 1.165) is 44.9 Å². The maximum atomic E-state index is 12.2. The molecule has 2 unspecified atom stereocenters. The molecule has 0 spiro atoms. The Kier molecular flexibility index (Phi) is 6.41. The molecule has 25 heavy (non-hydrogen) atoms. The van der Waals surface area contributed by atoms with Crippen LogP contribution in [0.2, 0.25) is 0 Å². The van der Waals surface area contributed by atoms with Gasteiger partial charge in [-0.25, -0.2) is 13.2 Å². The van der Waals surface area contributed by atoms with Gasteiger partial charge in [0.05, 0.1) is 5.25 Å². The summed E-state index contributed by atoms with van der Waals surface area (Å²) in [4.78, 5) is 13.9. The van der Waals surface area contributed by atoms with Crippen LogP contribution in [0, 0.1) is 0 Å². The van der Waals surface area contributed by atoms with Crippen molar-refractivity contribution < 1.29 is 17.9 Å². The van der Waals surface area contributed by atoms with Crippen LogP contribution in [-0.4, -0.2) is 61.7 Å². The van der Waals surface area contributed by atoms with Crippen molar-refractivity contribution in [2.24, 2.45) is 0 Å². The highest BCUT2D eigenvalue weighted by Gasteiger charge is 2.37. The minimum absolute atomic E-state index is 0.0835. The Balaban J connectivity index is 1.82. The quantitative estimate of drug-likeness (QED) is 0.819. The number of hydrogen-bond donors (Lipinski definition) is 1. The standard InChI is InChI=1S/C18H34N2O4S/c1-18(2,3)24-17(21)20(4)14-11-9-13(10-12-14)19-15-7-6-8-16(15)25(5,22)23/h13-16,19H,6-12H2,1-5H3. The second kappa shape index (κ2) is 7.82. The van der Waals surface area contributed by atoms with E-state index in [2.05, 4.69) is 5.32 Å². The fraction of sp³-hybridized carbons (Fsp3) is 0.944. The molecule has 1 amide bonds. The first-order chi connectivity index (χ1) is 11.5. The molecule has 2 aliphatic carbocycles. The van der Waals surface area contributed by atoms with Crippen LogP contribution in [0.15, 0.2) is 0 Å². The van der Waals surface area contributed by atoms with Crippen molar-refractivity contribution in [1.29, 1.82) is 0 Å². The zero-order valence-corrected chi connectivity index (χ0v) is 17.1. The molecule has 0 heterocycles. The van der Waals surface area contributed by atoms with E-state index < -0.39 is 15.4 Å². The summed E-state index contributed by atoms with van der Waals surface area (Å²) in [7, 11) is -1.18. The van der Waals surface area contributed by atoms with Crippen LogP contribution in [0.4, 0.5) is 4.79 Å². The largest absolute Gasteiger partial charge is 0.444 e. The summed E-state index contributed by atoms with van der Waals surface area (Å²) < 4.78 is 29.3. The molecule has 0 bridgehead atoms. The van der Waals surface area contributed by atoms with E-state index >= 15 is 0 Å². The normalized spacial score (nSPS) is 30.9. The Hall–Kier alpha value is -0.820. The topological polar surface area (TPSA) is 75.7 Å². The monoisotopic (exact) mass is 374 g/mol. The third-order valence-corrected chi connectivity index (χ3v) is 7.04. The van der Waals surface area contributed by atoms with Gasteiger partial charge in [-0.05, 0) is 59.3 Å². The van der Waals surface area contributed by atoms with E-state index in [-0.39, 0.29) is 23.4 Å². The molecule has 2 atom stereocenters. The predicted octanol–water partition coefficient (Wildman–Crippen LogP) is 2.72. The van der Waals surface area contributed by atoms with Crippen molar-refractivity contribution >= 4 is 15.9 Å². The molecule has 146 valence electrons. The van der Waals surface area contributed by atoms with Gasteiger partial charge in [0.25, 0.3) is 0 Å². The molecule has 0 saturated heterocycles. The second-order valence-corrected chi connectivity index (χ2v) is 10.9. The lowest BCUT2D eigenvalue weighted by Crippen LogP contribution is -2.49. The van der Waals surface area contributed by atoms with Crippen LogP contribution in [0.3, 0.4) is 0 Å². The Morgan fingerprint density at radius 3 is 2.20 bits per heavy atom. The molecule has 0 aliphatic heterocycles. The zero-order valence-electron chi connectivity index (χ0n) is 16.2. The number of carbonyl (C=O) groups excluding carboxylic acids is 1. The molecule has 2 saturated carbocycles. The van der Waals surface area contributed by atoms with Gasteiger partial charge >= 0.3 is 6.09 Å². The first kappa shape index (κ1) is 20.5. The first-order valence-corrected chi connectivity index (χ1v) is 11.3. The molecule has 6 nitrogen and oxygen atoms in total. The summed E-state index contributed by atoms with van der Waals surface area (Å²) in [5.41, 5.74) is -0.479. The van der Waals surface area contributed by atoms with Crippen LogP contribution < -0.4 is 5.32 Å². The first-order valence-electron chi connectivity index (χ1n) is 9.38. The maximum absolute atomic E-state index is 12.2. The smallest absolute Gasteiger partial charge is 0.410 e. The predicted molar refractivity (Wildman–Crippen MR) is 99.4 cm³/mol. The van der Waals surface area contributed by atoms with E-state index in [1.807, 2.05) is 27.8 Å². The van der Waals surface area contributed by atoms with Gasteiger partial charge in [-0.15, -0.1) is 0 Å². The number of hydrogen-bond acceptors (Lipinski definition) is 5. The number of amides is 1. The van der Waals surface area contributed by atoms with E-state index in [1.165, 1.54) is 6.26 Å². The van der Waals surface area contributed by atoms with Gasteiger partial charge in [0.1, 0.15) is 5.60 Å². The van der Waals surface area contributed by atoms with Crippen molar-refractivity contribution in [3.05, 3.63) is 0 Å². The second-order valence-electron chi connectivity index (χ2n) is 8.67. The van der Waals surface area contributed by atoms with Crippen LogP contribution in [0.5, 0.6) is 0 Å². The summed E-state index contributed by atoms with van der Waals surface area (Å²) in [6.07, 6.45) is 7.54. The summed E-state index contributed by atoms with van der Waals surface area (Å²) >= 11 is 0. The van der Waals surface area contributed by atoms with Gasteiger partial charge in [0.15, 0.2) is 9.84 Å². The van der Waals surface area contributed by atoms with Crippen molar-refractivity contribution in [3.63, 3.8) is 0 Å². The highest BCUT2D eigenvalue weighted by atomic mass is 32.2.